The van der Waals surface area contributed by atoms with Gasteiger partial charge < -0.3 is 16.0 Å². The minimum Gasteiger partial charge on any atom is -0.360 e. The van der Waals surface area contributed by atoms with E-state index in [2.05, 4.69) is 25.9 Å². The Hall–Kier alpha value is -1.34. The van der Waals surface area contributed by atoms with Crippen molar-refractivity contribution in [1.82, 2.24) is 20.5 Å². The standard InChI is InChI=1S/C17H23F3N6S.HI/c1-21-15(24-12-6-9-26(10-12)11-17(18,19)20)22-7-8-23-16-25-13-4-2-3-5-14(13)27-16;/h2-5,12H,6-11H2,1H3,(H,23,25)(H2,21,22,24);1H. The number of aromatic nitrogens is 1. The summed E-state index contributed by atoms with van der Waals surface area (Å²) in [4.78, 5) is 10.1. The lowest BCUT2D eigenvalue weighted by Crippen LogP contribution is -2.46. The SMILES string of the molecule is CN=C(NCCNc1nc2ccccc2s1)NC1CCN(CC(F)(F)F)C1.I. The van der Waals surface area contributed by atoms with Crippen LogP contribution in [0.5, 0.6) is 0 Å². The molecule has 11 heteroatoms. The number of alkyl halides is 3. The highest BCUT2D eigenvalue weighted by Crippen LogP contribution is 2.25. The van der Waals surface area contributed by atoms with Gasteiger partial charge in [-0.1, -0.05) is 23.5 Å². The molecule has 0 radical (unpaired) electrons. The van der Waals surface area contributed by atoms with Crippen LogP contribution in [0.15, 0.2) is 29.3 Å². The monoisotopic (exact) mass is 528 g/mol. The number of aliphatic imine (C=N–C) groups is 1. The fraction of sp³-hybridized carbons (Fsp3) is 0.529. The molecule has 3 N–H and O–H groups in total. The summed E-state index contributed by atoms with van der Waals surface area (Å²) in [6.07, 6.45) is -3.48. The highest BCUT2D eigenvalue weighted by Gasteiger charge is 2.34. The zero-order valence-electron chi connectivity index (χ0n) is 15.4. The molecule has 0 bridgehead atoms. The van der Waals surface area contributed by atoms with Crippen molar-refractivity contribution in [3.05, 3.63) is 24.3 Å². The Labute approximate surface area is 183 Å². The van der Waals surface area contributed by atoms with Crippen LogP contribution < -0.4 is 16.0 Å². The molecule has 1 fully saturated rings. The van der Waals surface area contributed by atoms with E-state index in [9.17, 15) is 13.2 Å². The van der Waals surface area contributed by atoms with E-state index in [1.807, 2.05) is 24.3 Å². The Kier molecular flexibility index (Phi) is 8.56. The molecule has 1 aliphatic rings. The summed E-state index contributed by atoms with van der Waals surface area (Å²) in [7, 11) is 1.65. The molecule has 0 aliphatic carbocycles. The Balaban J connectivity index is 0.00000280. The van der Waals surface area contributed by atoms with Crippen molar-refractivity contribution >= 4 is 56.6 Å². The zero-order valence-corrected chi connectivity index (χ0v) is 18.6. The van der Waals surface area contributed by atoms with Crippen LogP contribution in [-0.4, -0.2) is 67.8 Å². The molecule has 2 aromatic rings. The fourth-order valence-corrected chi connectivity index (χ4v) is 3.93. The third-order valence-electron chi connectivity index (χ3n) is 4.23. The number of likely N-dealkylation sites (tertiary alicyclic amines) is 1. The van der Waals surface area contributed by atoms with Crippen LogP contribution in [0.25, 0.3) is 10.2 Å². The number of benzene rings is 1. The highest BCUT2D eigenvalue weighted by atomic mass is 127. The second kappa shape index (κ2) is 10.4. The number of thiazole rings is 1. The Bertz CT molecular complexity index is 749. The van der Waals surface area contributed by atoms with Crippen molar-refractivity contribution in [1.29, 1.82) is 0 Å². The fourth-order valence-electron chi connectivity index (χ4n) is 3.03. The quantitative estimate of drug-likeness (QED) is 0.233. The molecular formula is C17H24F3IN6S. The molecule has 1 atom stereocenters. The van der Waals surface area contributed by atoms with Gasteiger partial charge in [0.15, 0.2) is 11.1 Å². The number of hydrogen-bond acceptors (Lipinski definition) is 5. The molecule has 0 spiro atoms. The summed E-state index contributed by atoms with van der Waals surface area (Å²) in [6.45, 7) is 1.22. The van der Waals surface area contributed by atoms with Crippen LogP contribution in [0.1, 0.15) is 6.42 Å². The molecule has 28 heavy (non-hydrogen) atoms. The number of hydrogen-bond donors (Lipinski definition) is 3. The third kappa shape index (κ3) is 6.92. The van der Waals surface area contributed by atoms with Crippen molar-refractivity contribution in [3.63, 3.8) is 0 Å². The third-order valence-corrected chi connectivity index (χ3v) is 5.22. The summed E-state index contributed by atoms with van der Waals surface area (Å²) < 4.78 is 38.5. The first-order chi connectivity index (χ1) is 12.9. The van der Waals surface area contributed by atoms with Crippen molar-refractivity contribution < 1.29 is 13.2 Å². The number of nitrogens with one attached hydrogen (secondary N) is 3. The van der Waals surface area contributed by atoms with E-state index in [0.29, 0.717) is 38.6 Å². The number of fused-ring (bicyclic) bond motifs is 1. The number of rotatable bonds is 6. The predicted octanol–water partition coefficient (Wildman–Crippen LogP) is 3.13. The molecule has 1 aliphatic heterocycles. The van der Waals surface area contributed by atoms with E-state index in [0.717, 1.165) is 15.3 Å². The van der Waals surface area contributed by atoms with Gasteiger partial charge in [0.25, 0.3) is 0 Å². The smallest absolute Gasteiger partial charge is 0.360 e. The maximum atomic E-state index is 12.5. The van der Waals surface area contributed by atoms with Gasteiger partial charge in [0.2, 0.25) is 0 Å². The van der Waals surface area contributed by atoms with Gasteiger partial charge in [-0.2, -0.15) is 13.2 Å². The summed E-state index contributed by atoms with van der Waals surface area (Å²) in [6, 6.07) is 7.93. The van der Waals surface area contributed by atoms with Crippen molar-refractivity contribution in [2.24, 2.45) is 4.99 Å². The van der Waals surface area contributed by atoms with E-state index >= 15 is 0 Å². The topological polar surface area (TPSA) is 64.6 Å². The van der Waals surface area contributed by atoms with Crippen LogP contribution in [0.3, 0.4) is 0 Å². The molecule has 1 aromatic carbocycles. The zero-order chi connectivity index (χ0) is 19.3. The number of anilines is 1. The lowest BCUT2D eigenvalue weighted by Gasteiger charge is -2.19. The molecular weight excluding hydrogens is 504 g/mol. The lowest BCUT2D eigenvalue weighted by atomic mass is 10.3. The predicted molar refractivity (Wildman–Crippen MR) is 119 cm³/mol. The van der Waals surface area contributed by atoms with Crippen LogP contribution in [0, 0.1) is 0 Å². The van der Waals surface area contributed by atoms with Gasteiger partial charge >= 0.3 is 6.18 Å². The number of halogens is 4. The Morgan fingerprint density at radius 1 is 1.32 bits per heavy atom. The first-order valence-electron chi connectivity index (χ1n) is 8.79. The Morgan fingerprint density at radius 3 is 2.82 bits per heavy atom. The molecule has 1 saturated heterocycles. The van der Waals surface area contributed by atoms with Gasteiger partial charge in [0, 0.05) is 39.3 Å². The van der Waals surface area contributed by atoms with Gasteiger partial charge in [-0.3, -0.25) is 9.89 Å². The second-order valence-electron chi connectivity index (χ2n) is 6.39. The van der Waals surface area contributed by atoms with Gasteiger partial charge in [-0.05, 0) is 18.6 Å². The minimum absolute atomic E-state index is 0. The van der Waals surface area contributed by atoms with Gasteiger partial charge in [0.1, 0.15) is 0 Å². The molecule has 1 aromatic heterocycles. The normalized spacial score (nSPS) is 18.1. The first kappa shape index (κ1) is 22.9. The summed E-state index contributed by atoms with van der Waals surface area (Å²) >= 11 is 1.60. The van der Waals surface area contributed by atoms with Crippen molar-refractivity contribution in [2.45, 2.75) is 18.6 Å². The highest BCUT2D eigenvalue weighted by molar-refractivity contribution is 14.0. The number of guanidine groups is 1. The van der Waals surface area contributed by atoms with E-state index in [1.165, 1.54) is 4.90 Å². The maximum absolute atomic E-state index is 12.5. The summed E-state index contributed by atoms with van der Waals surface area (Å²) in [5.74, 6) is 0.597. The molecule has 1 unspecified atom stereocenters. The maximum Gasteiger partial charge on any atom is 0.401 e. The average Bonchev–Trinajstić information content (AvgIpc) is 3.22. The van der Waals surface area contributed by atoms with E-state index in [4.69, 9.17) is 0 Å². The lowest BCUT2D eigenvalue weighted by molar-refractivity contribution is -0.143. The Morgan fingerprint density at radius 2 is 2.11 bits per heavy atom. The molecule has 3 rings (SSSR count). The summed E-state index contributed by atoms with van der Waals surface area (Å²) in [5.41, 5.74) is 0.972. The van der Waals surface area contributed by atoms with Crippen LogP contribution in [0.4, 0.5) is 18.3 Å². The number of para-hydroxylation sites is 1. The first-order valence-corrected chi connectivity index (χ1v) is 9.60. The summed E-state index contributed by atoms with van der Waals surface area (Å²) in [5, 5.41) is 10.5. The van der Waals surface area contributed by atoms with Crippen LogP contribution in [0.2, 0.25) is 0 Å². The minimum atomic E-state index is -4.15. The van der Waals surface area contributed by atoms with Gasteiger partial charge in [-0.25, -0.2) is 4.98 Å². The van der Waals surface area contributed by atoms with Crippen LogP contribution >= 0.6 is 35.3 Å². The van der Waals surface area contributed by atoms with Crippen molar-refractivity contribution in [3.8, 4) is 0 Å². The second-order valence-corrected chi connectivity index (χ2v) is 7.42. The van der Waals surface area contributed by atoms with E-state index in [1.54, 1.807) is 18.4 Å². The molecule has 2 heterocycles. The molecule has 6 nitrogen and oxygen atoms in total. The van der Waals surface area contributed by atoms with Gasteiger partial charge in [-0.15, -0.1) is 24.0 Å². The van der Waals surface area contributed by atoms with Crippen LogP contribution in [-0.2, 0) is 0 Å². The average molecular weight is 528 g/mol. The molecule has 156 valence electrons. The molecule has 0 saturated carbocycles. The largest absolute Gasteiger partial charge is 0.401 e. The van der Waals surface area contributed by atoms with E-state index in [-0.39, 0.29) is 30.0 Å². The van der Waals surface area contributed by atoms with Crippen molar-refractivity contribution in [2.75, 3.05) is 45.1 Å². The molecule has 0 amide bonds. The van der Waals surface area contributed by atoms with E-state index < -0.39 is 12.7 Å². The van der Waals surface area contributed by atoms with Gasteiger partial charge in [0.05, 0.1) is 16.8 Å². The number of nitrogens with zero attached hydrogens (tertiary/aromatic N) is 3.